The van der Waals surface area contributed by atoms with Crippen molar-refractivity contribution in [2.75, 3.05) is 0 Å². The predicted molar refractivity (Wildman–Crippen MR) is 174 cm³/mol. The van der Waals surface area contributed by atoms with Crippen LogP contribution in [0, 0.1) is 0 Å². The standard InChI is InChI=1S/C39H25N3/c1-3-12-26(13-4-1)30-18-9-10-19-35(30)38-40-37(28-15-5-2-6-16-28)41-39(42-38)36-21-11-20-31-33-23-22-27-14-7-8-17-29(27)32(33)24-25-34(31)36/h1-25H. The topological polar surface area (TPSA) is 38.7 Å². The first-order valence-electron chi connectivity index (χ1n) is 14.1. The summed E-state index contributed by atoms with van der Waals surface area (Å²) in [6, 6.07) is 52.7. The fourth-order valence-electron chi connectivity index (χ4n) is 5.93. The van der Waals surface area contributed by atoms with Crippen LogP contribution in [-0.4, -0.2) is 15.0 Å². The second kappa shape index (κ2) is 10.1. The SMILES string of the molecule is c1ccc(-c2nc(-c3ccccc3-c3ccccc3)nc(-c3cccc4c3ccc3c5ccccc5ccc43)n2)cc1. The highest BCUT2D eigenvalue weighted by Crippen LogP contribution is 2.37. The smallest absolute Gasteiger partial charge is 0.164 e. The summed E-state index contributed by atoms with van der Waals surface area (Å²) in [6.07, 6.45) is 0. The molecule has 0 spiro atoms. The van der Waals surface area contributed by atoms with Crippen molar-refractivity contribution in [1.29, 1.82) is 0 Å². The molecule has 8 rings (SSSR count). The number of aromatic nitrogens is 3. The molecular formula is C39H25N3. The van der Waals surface area contributed by atoms with E-state index in [1.54, 1.807) is 0 Å². The minimum atomic E-state index is 0.655. The fraction of sp³-hybridized carbons (Fsp3) is 0. The van der Waals surface area contributed by atoms with E-state index in [1.165, 1.54) is 26.9 Å². The van der Waals surface area contributed by atoms with E-state index >= 15 is 0 Å². The number of benzene rings is 7. The quantitative estimate of drug-likeness (QED) is 0.211. The first kappa shape index (κ1) is 24.2. The Morgan fingerprint density at radius 2 is 0.762 bits per heavy atom. The molecule has 0 aliphatic heterocycles. The van der Waals surface area contributed by atoms with Gasteiger partial charge in [-0.05, 0) is 43.4 Å². The van der Waals surface area contributed by atoms with Crippen molar-refractivity contribution in [1.82, 2.24) is 15.0 Å². The van der Waals surface area contributed by atoms with Gasteiger partial charge < -0.3 is 0 Å². The third-order valence-electron chi connectivity index (χ3n) is 7.94. The Labute approximate surface area is 243 Å². The molecule has 0 saturated heterocycles. The van der Waals surface area contributed by atoms with Crippen molar-refractivity contribution >= 4 is 32.3 Å². The number of nitrogens with zero attached hydrogens (tertiary/aromatic N) is 3. The van der Waals surface area contributed by atoms with Gasteiger partial charge in [-0.25, -0.2) is 15.0 Å². The van der Waals surface area contributed by atoms with Crippen LogP contribution in [0.25, 0.3) is 77.6 Å². The van der Waals surface area contributed by atoms with E-state index in [9.17, 15) is 0 Å². The van der Waals surface area contributed by atoms with Gasteiger partial charge >= 0.3 is 0 Å². The molecule has 0 amide bonds. The highest BCUT2D eigenvalue weighted by molar-refractivity contribution is 6.19. The minimum Gasteiger partial charge on any atom is -0.208 e. The van der Waals surface area contributed by atoms with E-state index in [-0.39, 0.29) is 0 Å². The van der Waals surface area contributed by atoms with Crippen LogP contribution in [0.3, 0.4) is 0 Å². The van der Waals surface area contributed by atoms with Gasteiger partial charge in [0.1, 0.15) is 0 Å². The Morgan fingerprint density at radius 1 is 0.262 bits per heavy atom. The van der Waals surface area contributed by atoms with Crippen molar-refractivity contribution in [3.8, 4) is 45.3 Å². The Bertz CT molecular complexity index is 2240. The summed E-state index contributed by atoms with van der Waals surface area (Å²) in [6.45, 7) is 0. The van der Waals surface area contributed by atoms with Crippen LogP contribution in [0.4, 0.5) is 0 Å². The maximum Gasteiger partial charge on any atom is 0.164 e. The zero-order valence-electron chi connectivity index (χ0n) is 22.8. The summed E-state index contributed by atoms with van der Waals surface area (Å²) in [7, 11) is 0. The number of hydrogen-bond acceptors (Lipinski definition) is 3. The zero-order valence-corrected chi connectivity index (χ0v) is 22.8. The van der Waals surface area contributed by atoms with E-state index < -0.39 is 0 Å². The molecule has 0 N–H and O–H groups in total. The molecule has 0 atom stereocenters. The summed E-state index contributed by atoms with van der Waals surface area (Å²) in [4.78, 5) is 15.2. The van der Waals surface area contributed by atoms with Crippen molar-refractivity contribution in [2.45, 2.75) is 0 Å². The van der Waals surface area contributed by atoms with Gasteiger partial charge in [-0.15, -0.1) is 0 Å². The second-order valence-electron chi connectivity index (χ2n) is 10.4. The summed E-state index contributed by atoms with van der Waals surface area (Å²) in [5.74, 6) is 1.97. The lowest BCUT2D eigenvalue weighted by atomic mass is 9.95. The lowest BCUT2D eigenvalue weighted by Gasteiger charge is -2.14. The molecule has 42 heavy (non-hydrogen) atoms. The Morgan fingerprint density at radius 3 is 1.57 bits per heavy atom. The molecule has 0 aliphatic rings. The molecule has 1 heterocycles. The number of rotatable bonds is 4. The zero-order chi connectivity index (χ0) is 27.9. The lowest BCUT2D eigenvalue weighted by Crippen LogP contribution is -2.01. The van der Waals surface area contributed by atoms with Crippen molar-refractivity contribution in [2.24, 2.45) is 0 Å². The summed E-state index contributed by atoms with van der Waals surface area (Å²) < 4.78 is 0. The van der Waals surface area contributed by atoms with Crippen LogP contribution >= 0.6 is 0 Å². The first-order valence-corrected chi connectivity index (χ1v) is 14.1. The minimum absolute atomic E-state index is 0.655. The van der Waals surface area contributed by atoms with Crippen molar-refractivity contribution in [3.05, 3.63) is 152 Å². The van der Waals surface area contributed by atoms with E-state index in [4.69, 9.17) is 15.0 Å². The molecule has 0 bridgehead atoms. The van der Waals surface area contributed by atoms with Gasteiger partial charge in [0.2, 0.25) is 0 Å². The van der Waals surface area contributed by atoms with Crippen LogP contribution in [0.15, 0.2) is 152 Å². The van der Waals surface area contributed by atoms with Gasteiger partial charge in [-0.1, -0.05) is 152 Å². The summed E-state index contributed by atoms with van der Waals surface area (Å²) in [5.41, 5.74) is 5.13. The molecule has 7 aromatic carbocycles. The molecule has 0 unspecified atom stereocenters. The van der Waals surface area contributed by atoms with Crippen LogP contribution in [0.5, 0.6) is 0 Å². The molecule has 0 aliphatic carbocycles. The number of fused-ring (bicyclic) bond motifs is 5. The maximum absolute atomic E-state index is 5.14. The third kappa shape index (κ3) is 4.11. The monoisotopic (exact) mass is 535 g/mol. The van der Waals surface area contributed by atoms with E-state index in [0.29, 0.717) is 17.5 Å². The normalized spacial score (nSPS) is 11.3. The van der Waals surface area contributed by atoms with Crippen LogP contribution in [0.2, 0.25) is 0 Å². The van der Waals surface area contributed by atoms with Gasteiger partial charge in [-0.3, -0.25) is 0 Å². The molecule has 1 aromatic heterocycles. The van der Waals surface area contributed by atoms with Crippen LogP contribution < -0.4 is 0 Å². The van der Waals surface area contributed by atoms with Gasteiger partial charge in [0, 0.05) is 16.7 Å². The Balaban J connectivity index is 1.39. The molecule has 3 nitrogen and oxygen atoms in total. The van der Waals surface area contributed by atoms with E-state index in [0.717, 1.165) is 33.2 Å². The molecule has 0 radical (unpaired) electrons. The molecule has 0 saturated carbocycles. The van der Waals surface area contributed by atoms with Gasteiger partial charge in [-0.2, -0.15) is 0 Å². The van der Waals surface area contributed by atoms with Gasteiger partial charge in [0.05, 0.1) is 0 Å². The summed E-state index contributed by atoms with van der Waals surface area (Å²) in [5, 5.41) is 7.27. The highest BCUT2D eigenvalue weighted by Gasteiger charge is 2.17. The predicted octanol–water partition coefficient (Wildman–Crippen LogP) is 10.00. The van der Waals surface area contributed by atoms with Gasteiger partial charge in [0.15, 0.2) is 17.5 Å². The van der Waals surface area contributed by atoms with Crippen molar-refractivity contribution < 1.29 is 0 Å². The highest BCUT2D eigenvalue weighted by atomic mass is 15.0. The first-order chi connectivity index (χ1) is 20.8. The van der Waals surface area contributed by atoms with E-state index in [1.807, 2.05) is 42.5 Å². The van der Waals surface area contributed by atoms with Crippen molar-refractivity contribution in [3.63, 3.8) is 0 Å². The molecule has 196 valence electrons. The molecule has 0 fully saturated rings. The Hall–Kier alpha value is -5.67. The fourth-order valence-corrected chi connectivity index (χ4v) is 5.93. The van der Waals surface area contributed by atoms with Gasteiger partial charge in [0.25, 0.3) is 0 Å². The Kier molecular flexibility index (Phi) is 5.79. The third-order valence-corrected chi connectivity index (χ3v) is 7.94. The molecule has 3 heteroatoms. The maximum atomic E-state index is 5.14. The second-order valence-corrected chi connectivity index (χ2v) is 10.4. The number of hydrogen-bond donors (Lipinski definition) is 0. The lowest BCUT2D eigenvalue weighted by molar-refractivity contribution is 1.08. The average molecular weight is 536 g/mol. The van der Waals surface area contributed by atoms with E-state index in [2.05, 4.69) is 109 Å². The summed E-state index contributed by atoms with van der Waals surface area (Å²) >= 11 is 0. The average Bonchev–Trinajstić information content (AvgIpc) is 3.08. The van der Waals surface area contributed by atoms with Crippen LogP contribution in [-0.2, 0) is 0 Å². The largest absolute Gasteiger partial charge is 0.208 e. The molecular weight excluding hydrogens is 510 g/mol. The molecule has 8 aromatic rings. The van der Waals surface area contributed by atoms with Crippen LogP contribution in [0.1, 0.15) is 0 Å².